The minimum atomic E-state index is -0.358. The van der Waals surface area contributed by atoms with Crippen molar-refractivity contribution in [2.24, 2.45) is 5.73 Å². The van der Waals surface area contributed by atoms with Gasteiger partial charge in [-0.2, -0.15) is 0 Å². The molecule has 0 aromatic heterocycles. The maximum atomic E-state index is 10.6. The first-order valence-corrected chi connectivity index (χ1v) is 2.67. The Hall–Kier alpha value is -0.410. The maximum Gasteiger partial charge on any atom is 0.154 e. The third-order valence-corrected chi connectivity index (χ3v) is 1.20. The Bertz CT molecular complexity index is 103. The lowest BCUT2D eigenvalue weighted by molar-refractivity contribution is -0.126. The molecule has 0 amide bonds. The summed E-state index contributed by atoms with van der Waals surface area (Å²) in [6.07, 6.45) is 0.487. The monoisotopic (exact) mass is 115 g/mol. The summed E-state index contributed by atoms with van der Waals surface area (Å²) >= 11 is 0. The first-order valence-electron chi connectivity index (χ1n) is 2.67. The van der Waals surface area contributed by atoms with E-state index in [1.54, 1.807) is 0 Å². The maximum absolute atomic E-state index is 10.6. The van der Waals surface area contributed by atoms with Crippen molar-refractivity contribution in [2.45, 2.75) is 12.5 Å². The van der Waals surface area contributed by atoms with Gasteiger partial charge in [0.2, 0.25) is 0 Å². The standard InChI is InChI=1S/C5H9NO2/c6-4-3-8-2-1-5(4)7/h4H,1-3,6H2/t4-/m1/s1. The van der Waals surface area contributed by atoms with Crippen LogP contribution in [0, 0.1) is 0 Å². The van der Waals surface area contributed by atoms with E-state index >= 15 is 0 Å². The van der Waals surface area contributed by atoms with Gasteiger partial charge in [0.15, 0.2) is 5.78 Å². The van der Waals surface area contributed by atoms with Gasteiger partial charge in [0.05, 0.1) is 19.3 Å². The van der Waals surface area contributed by atoms with Crippen LogP contribution in [0.15, 0.2) is 0 Å². The van der Waals surface area contributed by atoms with Crippen molar-refractivity contribution >= 4 is 5.78 Å². The Morgan fingerprint density at radius 2 is 2.50 bits per heavy atom. The van der Waals surface area contributed by atoms with Crippen LogP contribution in [0.3, 0.4) is 0 Å². The number of hydrogen-bond donors (Lipinski definition) is 1. The number of nitrogens with two attached hydrogens (primary N) is 1. The van der Waals surface area contributed by atoms with E-state index in [9.17, 15) is 4.79 Å². The topological polar surface area (TPSA) is 52.3 Å². The molecular weight excluding hydrogens is 106 g/mol. The number of rotatable bonds is 0. The average molecular weight is 115 g/mol. The zero-order valence-corrected chi connectivity index (χ0v) is 4.59. The summed E-state index contributed by atoms with van der Waals surface area (Å²) in [5.41, 5.74) is 5.30. The normalized spacial score (nSPS) is 30.6. The van der Waals surface area contributed by atoms with E-state index in [0.717, 1.165) is 0 Å². The molecule has 1 rings (SSSR count). The number of carbonyl (C=O) groups is 1. The first kappa shape index (κ1) is 5.72. The molecule has 0 radical (unpaired) electrons. The molecule has 1 atom stereocenters. The minimum Gasteiger partial charge on any atom is -0.379 e. The summed E-state index contributed by atoms with van der Waals surface area (Å²) in [4.78, 5) is 10.6. The van der Waals surface area contributed by atoms with Crippen molar-refractivity contribution in [3.05, 3.63) is 0 Å². The van der Waals surface area contributed by atoms with E-state index in [-0.39, 0.29) is 11.8 Å². The Morgan fingerprint density at radius 3 is 2.88 bits per heavy atom. The second-order valence-corrected chi connectivity index (χ2v) is 1.90. The van der Waals surface area contributed by atoms with Crippen LogP contribution in [-0.2, 0) is 9.53 Å². The van der Waals surface area contributed by atoms with Gasteiger partial charge < -0.3 is 10.5 Å². The highest BCUT2D eigenvalue weighted by Crippen LogP contribution is 1.97. The fourth-order valence-corrected chi connectivity index (χ4v) is 0.661. The lowest BCUT2D eigenvalue weighted by Gasteiger charge is -2.15. The second kappa shape index (κ2) is 2.24. The summed E-state index contributed by atoms with van der Waals surface area (Å²) in [6, 6.07) is -0.358. The molecule has 1 saturated heterocycles. The Kier molecular flexibility index (Phi) is 1.60. The third-order valence-electron chi connectivity index (χ3n) is 1.20. The van der Waals surface area contributed by atoms with Gasteiger partial charge in [0.1, 0.15) is 0 Å². The van der Waals surface area contributed by atoms with E-state index in [1.807, 2.05) is 0 Å². The van der Waals surface area contributed by atoms with E-state index < -0.39 is 0 Å². The molecule has 3 nitrogen and oxygen atoms in total. The van der Waals surface area contributed by atoms with E-state index in [0.29, 0.717) is 19.6 Å². The van der Waals surface area contributed by atoms with E-state index in [1.165, 1.54) is 0 Å². The van der Waals surface area contributed by atoms with Crippen LogP contribution in [-0.4, -0.2) is 25.0 Å². The average Bonchev–Trinajstić information content (AvgIpc) is 1.77. The molecule has 1 heterocycles. The van der Waals surface area contributed by atoms with Crippen molar-refractivity contribution < 1.29 is 9.53 Å². The predicted octanol–water partition coefficient (Wildman–Crippen LogP) is -0.697. The molecular formula is C5H9NO2. The molecule has 0 saturated carbocycles. The number of hydrogen-bond acceptors (Lipinski definition) is 3. The van der Waals surface area contributed by atoms with Gasteiger partial charge in [-0.1, -0.05) is 0 Å². The fraction of sp³-hybridized carbons (Fsp3) is 0.800. The molecule has 0 unspecified atom stereocenters. The van der Waals surface area contributed by atoms with Gasteiger partial charge in [-0.15, -0.1) is 0 Å². The Labute approximate surface area is 47.8 Å². The summed E-state index contributed by atoms with van der Waals surface area (Å²) in [5.74, 6) is 0.122. The summed E-state index contributed by atoms with van der Waals surface area (Å²) in [6.45, 7) is 0.950. The summed E-state index contributed by atoms with van der Waals surface area (Å²) in [5, 5.41) is 0. The molecule has 46 valence electrons. The number of carbonyl (C=O) groups excluding carboxylic acids is 1. The van der Waals surface area contributed by atoms with Gasteiger partial charge in [-0.05, 0) is 0 Å². The van der Waals surface area contributed by atoms with Gasteiger partial charge in [-0.25, -0.2) is 0 Å². The highest BCUT2D eigenvalue weighted by atomic mass is 16.5. The molecule has 0 spiro atoms. The van der Waals surface area contributed by atoms with Crippen LogP contribution >= 0.6 is 0 Å². The zero-order chi connectivity index (χ0) is 5.98. The van der Waals surface area contributed by atoms with Crippen molar-refractivity contribution in [1.29, 1.82) is 0 Å². The van der Waals surface area contributed by atoms with Crippen LogP contribution in [0.1, 0.15) is 6.42 Å². The smallest absolute Gasteiger partial charge is 0.154 e. The number of ketones is 1. The Balaban J connectivity index is 2.39. The van der Waals surface area contributed by atoms with Crippen LogP contribution in [0.2, 0.25) is 0 Å². The molecule has 2 N–H and O–H groups in total. The highest BCUT2D eigenvalue weighted by molar-refractivity contribution is 5.84. The summed E-state index contributed by atoms with van der Waals surface area (Å²) < 4.78 is 4.91. The lowest BCUT2D eigenvalue weighted by Crippen LogP contribution is -2.39. The van der Waals surface area contributed by atoms with Crippen molar-refractivity contribution in [2.75, 3.05) is 13.2 Å². The number of ether oxygens (including phenoxy) is 1. The molecule has 0 aromatic carbocycles. The zero-order valence-electron chi connectivity index (χ0n) is 4.59. The highest BCUT2D eigenvalue weighted by Gasteiger charge is 2.17. The van der Waals surface area contributed by atoms with Crippen molar-refractivity contribution in [3.8, 4) is 0 Å². The van der Waals surface area contributed by atoms with Crippen molar-refractivity contribution in [3.63, 3.8) is 0 Å². The third kappa shape index (κ3) is 1.05. The molecule has 3 heteroatoms. The van der Waals surface area contributed by atoms with Crippen LogP contribution in [0.25, 0.3) is 0 Å². The molecule has 1 aliphatic rings. The van der Waals surface area contributed by atoms with Crippen molar-refractivity contribution in [1.82, 2.24) is 0 Å². The molecule has 1 aliphatic heterocycles. The Morgan fingerprint density at radius 1 is 1.75 bits per heavy atom. The fourth-order valence-electron chi connectivity index (χ4n) is 0.661. The molecule has 0 aromatic rings. The molecule has 0 aliphatic carbocycles. The molecule has 8 heavy (non-hydrogen) atoms. The summed E-state index contributed by atoms with van der Waals surface area (Å²) in [7, 11) is 0. The largest absolute Gasteiger partial charge is 0.379 e. The molecule has 1 fully saturated rings. The number of Topliss-reactive ketones (excluding diaryl/α,β-unsaturated/α-hetero) is 1. The van der Waals surface area contributed by atoms with Crippen LogP contribution in [0.4, 0.5) is 0 Å². The van der Waals surface area contributed by atoms with Gasteiger partial charge >= 0.3 is 0 Å². The van der Waals surface area contributed by atoms with E-state index in [4.69, 9.17) is 10.5 Å². The van der Waals surface area contributed by atoms with Gasteiger partial charge in [0, 0.05) is 6.42 Å². The van der Waals surface area contributed by atoms with E-state index in [2.05, 4.69) is 0 Å². The quantitative estimate of drug-likeness (QED) is 0.454. The SMILES string of the molecule is N[C@@H]1COCCC1=O. The van der Waals surface area contributed by atoms with Crippen LogP contribution in [0.5, 0.6) is 0 Å². The predicted molar refractivity (Wildman–Crippen MR) is 28.4 cm³/mol. The van der Waals surface area contributed by atoms with Gasteiger partial charge in [0.25, 0.3) is 0 Å². The first-order chi connectivity index (χ1) is 3.80. The molecule has 0 bridgehead atoms. The van der Waals surface area contributed by atoms with Crippen LogP contribution < -0.4 is 5.73 Å². The second-order valence-electron chi connectivity index (χ2n) is 1.90. The van der Waals surface area contributed by atoms with Gasteiger partial charge in [-0.3, -0.25) is 4.79 Å². The minimum absolute atomic E-state index is 0.122. The lowest BCUT2D eigenvalue weighted by atomic mass is 10.1.